The zero-order chi connectivity index (χ0) is 13.0. The first-order chi connectivity index (χ1) is 8.70. The van der Waals surface area contributed by atoms with Gasteiger partial charge in [0.15, 0.2) is 6.29 Å². The van der Waals surface area contributed by atoms with Crippen LogP contribution in [0.25, 0.3) is 0 Å². The molecule has 2 aromatic carbocycles. The Bertz CT molecular complexity index is 537. The Labute approximate surface area is 105 Å². The van der Waals surface area contributed by atoms with Crippen molar-refractivity contribution >= 4 is 6.29 Å². The molecule has 0 radical (unpaired) electrons. The van der Waals surface area contributed by atoms with Crippen molar-refractivity contribution in [1.82, 2.24) is 0 Å². The van der Waals surface area contributed by atoms with Gasteiger partial charge in [-0.15, -0.1) is 0 Å². The highest BCUT2D eigenvalue weighted by Crippen LogP contribution is 2.23. The molecule has 0 bridgehead atoms. The van der Waals surface area contributed by atoms with Crippen molar-refractivity contribution in [3.63, 3.8) is 0 Å². The number of rotatable bonds is 4. The third-order valence-electron chi connectivity index (χ3n) is 2.68. The van der Waals surface area contributed by atoms with Gasteiger partial charge in [-0.2, -0.15) is 0 Å². The minimum absolute atomic E-state index is 0.0368. The lowest BCUT2D eigenvalue weighted by molar-refractivity contribution is 0.111. The fourth-order valence-electron chi connectivity index (χ4n) is 1.67. The van der Waals surface area contributed by atoms with E-state index in [9.17, 15) is 9.18 Å². The molecule has 0 saturated carbocycles. The number of ether oxygens (including phenoxy) is 1. The summed E-state index contributed by atoms with van der Waals surface area (Å²) in [5, 5.41) is 0. The van der Waals surface area contributed by atoms with Crippen molar-refractivity contribution in [3.05, 3.63) is 65.5 Å². The van der Waals surface area contributed by atoms with E-state index in [-0.39, 0.29) is 11.7 Å². The van der Waals surface area contributed by atoms with Crippen molar-refractivity contribution in [2.45, 2.75) is 13.0 Å². The highest BCUT2D eigenvalue weighted by Gasteiger charge is 2.08. The van der Waals surface area contributed by atoms with Gasteiger partial charge >= 0.3 is 0 Å². The summed E-state index contributed by atoms with van der Waals surface area (Å²) >= 11 is 0. The van der Waals surface area contributed by atoms with E-state index < -0.39 is 5.82 Å². The molecular weight excluding hydrogens is 231 g/mol. The van der Waals surface area contributed by atoms with Crippen LogP contribution in [0.1, 0.15) is 28.9 Å². The second-order valence-corrected chi connectivity index (χ2v) is 3.97. The average Bonchev–Trinajstić information content (AvgIpc) is 2.40. The highest BCUT2D eigenvalue weighted by molar-refractivity contribution is 5.75. The predicted molar refractivity (Wildman–Crippen MR) is 67.3 cm³/mol. The Morgan fingerprint density at radius 2 is 1.89 bits per heavy atom. The van der Waals surface area contributed by atoms with Crippen LogP contribution in [0, 0.1) is 5.82 Å². The fourth-order valence-corrected chi connectivity index (χ4v) is 1.67. The van der Waals surface area contributed by atoms with Crippen LogP contribution in [0.5, 0.6) is 5.75 Å². The van der Waals surface area contributed by atoms with E-state index in [1.54, 1.807) is 6.07 Å². The van der Waals surface area contributed by atoms with Crippen LogP contribution in [0.2, 0.25) is 0 Å². The van der Waals surface area contributed by atoms with Gasteiger partial charge in [0.2, 0.25) is 0 Å². The third-order valence-corrected chi connectivity index (χ3v) is 2.68. The average molecular weight is 244 g/mol. The van der Waals surface area contributed by atoms with Gasteiger partial charge in [-0.25, -0.2) is 4.39 Å². The molecule has 18 heavy (non-hydrogen) atoms. The maximum atomic E-state index is 13.4. The van der Waals surface area contributed by atoms with Crippen LogP contribution < -0.4 is 4.74 Å². The molecule has 0 N–H and O–H groups in total. The van der Waals surface area contributed by atoms with E-state index in [4.69, 9.17) is 4.74 Å². The van der Waals surface area contributed by atoms with Crippen molar-refractivity contribution < 1.29 is 13.9 Å². The van der Waals surface area contributed by atoms with Crippen LogP contribution in [-0.4, -0.2) is 6.29 Å². The molecule has 0 spiro atoms. The van der Waals surface area contributed by atoms with Crippen LogP contribution in [0.4, 0.5) is 4.39 Å². The molecule has 2 rings (SSSR count). The highest BCUT2D eigenvalue weighted by atomic mass is 19.1. The van der Waals surface area contributed by atoms with Gasteiger partial charge in [-0.1, -0.05) is 30.3 Å². The number of hydrogen-bond acceptors (Lipinski definition) is 2. The minimum atomic E-state index is -0.567. The lowest BCUT2D eigenvalue weighted by Crippen LogP contribution is -2.03. The second kappa shape index (κ2) is 5.45. The molecule has 2 nitrogen and oxygen atoms in total. The van der Waals surface area contributed by atoms with Crippen LogP contribution in [-0.2, 0) is 0 Å². The molecule has 0 aromatic heterocycles. The molecule has 2 aromatic rings. The molecule has 0 heterocycles. The third kappa shape index (κ3) is 2.74. The summed E-state index contributed by atoms with van der Waals surface area (Å²) < 4.78 is 19.0. The van der Waals surface area contributed by atoms with Crippen LogP contribution in [0.3, 0.4) is 0 Å². The lowest BCUT2D eigenvalue weighted by atomic mass is 10.1. The van der Waals surface area contributed by atoms with Gasteiger partial charge in [-0.05, 0) is 24.6 Å². The van der Waals surface area contributed by atoms with E-state index in [2.05, 4.69) is 0 Å². The van der Waals surface area contributed by atoms with Gasteiger partial charge < -0.3 is 4.74 Å². The molecule has 92 valence electrons. The van der Waals surface area contributed by atoms with Crippen LogP contribution in [0.15, 0.2) is 48.5 Å². The van der Waals surface area contributed by atoms with Crippen molar-refractivity contribution in [3.8, 4) is 5.75 Å². The molecule has 0 aliphatic carbocycles. The first kappa shape index (κ1) is 12.3. The fraction of sp³-hybridized carbons (Fsp3) is 0.133. The Hall–Kier alpha value is -2.16. The van der Waals surface area contributed by atoms with Gasteiger partial charge in [0, 0.05) is 6.07 Å². The number of hydrogen-bond donors (Lipinski definition) is 0. The smallest absolute Gasteiger partial charge is 0.152 e. The van der Waals surface area contributed by atoms with Gasteiger partial charge in [0.05, 0.1) is 5.56 Å². The quantitative estimate of drug-likeness (QED) is 0.765. The second-order valence-electron chi connectivity index (χ2n) is 3.97. The van der Waals surface area contributed by atoms with E-state index >= 15 is 0 Å². The van der Waals surface area contributed by atoms with Crippen LogP contribution >= 0.6 is 0 Å². The summed E-state index contributed by atoms with van der Waals surface area (Å²) in [5.74, 6) is -0.155. The number of carbonyl (C=O) groups excluding carboxylic acids is 1. The Balaban J connectivity index is 2.15. The molecular formula is C15H13FO2. The summed E-state index contributed by atoms with van der Waals surface area (Å²) in [6.45, 7) is 1.89. The van der Waals surface area contributed by atoms with E-state index in [1.165, 1.54) is 12.1 Å². The zero-order valence-corrected chi connectivity index (χ0v) is 9.97. The van der Waals surface area contributed by atoms with E-state index in [1.807, 2.05) is 37.3 Å². The topological polar surface area (TPSA) is 26.3 Å². The molecule has 0 unspecified atom stereocenters. The summed E-state index contributed by atoms with van der Waals surface area (Å²) in [6, 6.07) is 13.9. The SMILES string of the molecule is C[C@@H](Oc1ccc(C=O)c(F)c1)c1ccccc1. The van der Waals surface area contributed by atoms with Crippen molar-refractivity contribution in [2.24, 2.45) is 0 Å². The molecule has 0 aliphatic rings. The summed E-state index contributed by atoms with van der Waals surface area (Å²) in [6.07, 6.45) is 0.312. The number of halogens is 1. The molecule has 1 atom stereocenters. The number of aldehydes is 1. The van der Waals surface area contributed by atoms with Gasteiger partial charge in [0.1, 0.15) is 17.7 Å². The van der Waals surface area contributed by atoms with Crippen molar-refractivity contribution in [1.29, 1.82) is 0 Å². The first-order valence-corrected chi connectivity index (χ1v) is 5.67. The number of benzene rings is 2. The molecule has 0 amide bonds. The minimum Gasteiger partial charge on any atom is -0.486 e. The maximum Gasteiger partial charge on any atom is 0.152 e. The molecule has 0 aliphatic heterocycles. The van der Waals surface area contributed by atoms with Gasteiger partial charge in [-0.3, -0.25) is 4.79 Å². The molecule has 0 fully saturated rings. The summed E-state index contributed by atoms with van der Waals surface area (Å²) in [7, 11) is 0. The summed E-state index contributed by atoms with van der Waals surface area (Å²) in [4.78, 5) is 10.5. The lowest BCUT2D eigenvalue weighted by Gasteiger charge is -2.15. The Morgan fingerprint density at radius 1 is 1.17 bits per heavy atom. The monoisotopic (exact) mass is 244 g/mol. The van der Waals surface area contributed by atoms with E-state index in [0.717, 1.165) is 5.56 Å². The predicted octanol–water partition coefficient (Wildman–Crippen LogP) is 3.78. The normalized spacial score (nSPS) is 11.9. The summed E-state index contributed by atoms with van der Waals surface area (Å²) in [5.41, 5.74) is 1.05. The Kier molecular flexibility index (Phi) is 3.72. The first-order valence-electron chi connectivity index (χ1n) is 5.67. The van der Waals surface area contributed by atoms with Gasteiger partial charge in [0.25, 0.3) is 0 Å². The zero-order valence-electron chi connectivity index (χ0n) is 9.97. The Morgan fingerprint density at radius 3 is 2.50 bits per heavy atom. The molecule has 0 saturated heterocycles. The van der Waals surface area contributed by atoms with E-state index in [0.29, 0.717) is 12.0 Å². The largest absolute Gasteiger partial charge is 0.486 e. The number of carbonyl (C=O) groups is 1. The standard InChI is InChI=1S/C15H13FO2/c1-11(12-5-3-2-4-6-12)18-14-8-7-13(10-17)15(16)9-14/h2-11H,1H3/t11-/m1/s1. The molecule has 3 heteroatoms. The maximum absolute atomic E-state index is 13.4. The van der Waals surface area contributed by atoms with Crippen molar-refractivity contribution in [2.75, 3.05) is 0 Å².